The van der Waals surface area contributed by atoms with Crippen LogP contribution in [0.15, 0.2) is 42.6 Å². The Labute approximate surface area is 129 Å². The van der Waals surface area contributed by atoms with E-state index >= 15 is 0 Å². The Morgan fingerprint density at radius 3 is 2.59 bits per heavy atom. The predicted octanol–water partition coefficient (Wildman–Crippen LogP) is 1.37. The van der Waals surface area contributed by atoms with Crippen molar-refractivity contribution in [3.05, 3.63) is 48.2 Å². The molecule has 1 saturated heterocycles. The third-order valence-corrected chi connectivity index (χ3v) is 3.72. The lowest BCUT2D eigenvalue weighted by molar-refractivity contribution is -0.118. The first-order valence-corrected chi connectivity index (χ1v) is 7.40. The summed E-state index contributed by atoms with van der Waals surface area (Å²) in [6.45, 7) is 3.77. The van der Waals surface area contributed by atoms with Crippen molar-refractivity contribution in [2.75, 3.05) is 36.4 Å². The molecule has 6 heteroatoms. The molecule has 1 aliphatic heterocycles. The van der Waals surface area contributed by atoms with Crippen molar-refractivity contribution < 1.29 is 4.79 Å². The molecule has 1 aromatic heterocycles. The summed E-state index contributed by atoms with van der Waals surface area (Å²) in [5.74, 6) is 1.52. The van der Waals surface area contributed by atoms with Crippen molar-refractivity contribution in [2.45, 2.75) is 6.54 Å². The lowest BCUT2D eigenvalue weighted by atomic mass is 10.2. The standard InChI is InChI=1S/C16H19N5O/c22-13-20-8-10-21(11-9-20)15-6-7-17-16(19-15)18-12-14-4-2-1-3-5-14/h1-7,13H,8-12H2,(H,17,18,19). The summed E-state index contributed by atoms with van der Waals surface area (Å²) in [5, 5.41) is 3.24. The SMILES string of the molecule is O=CN1CCN(c2ccnc(NCc3ccccc3)n2)CC1. The van der Waals surface area contributed by atoms with Crippen LogP contribution in [-0.2, 0) is 11.3 Å². The number of aromatic nitrogens is 2. The average molecular weight is 297 g/mol. The summed E-state index contributed by atoms with van der Waals surface area (Å²) in [6, 6.07) is 12.1. The molecule has 1 aliphatic rings. The van der Waals surface area contributed by atoms with Gasteiger partial charge in [0.25, 0.3) is 0 Å². The number of hydrogen-bond donors (Lipinski definition) is 1. The summed E-state index contributed by atoms with van der Waals surface area (Å²) >= 11 is 0. The summed E-state index contributed by atoms with van der Waals surface area (Å²) in [4.78, 5) is 23.5. The van der Waals surface area contributed by atoms with E-state index in [2.05, 4.69) is 32.3 Å². The van der Waals surface area contributed by atoms with E-state index in [-0.39, 0.29) is 0 Å². The highest BCUT2D eigenvalue weighted by Crippen LogP contribution is 2.14. The zero-order chi connectivity index (χ0) is 15.2. The maximum absolute atomic E-state index is 10.7. The summed E-state index contributed by atoms with van der Waals surface area (Å²) in [7, 11) is 0. The van der Waals surface area contributed by atoms with Crippen LogP contribution in [0.25, 0.3) is 0 Å². The van der Waals surface area contributed by atoms with Crippen molar-refractivity contribution in [1.82, 2.24) is 14.9 Å². The van der Waals surface area contributed by atoms with Gasteiger partial charge in [-0.3, -0.25) is 4.79 Å². The largest absolute Gasteiger partial charge is 0.353 e. The molecule has 0 aliphatic carbocycles. The Hall–Kier alpha value is -2.63. The second-order valence-electron chi connectivity index (χ2n) is 5.21. The van der Waals surface area contributed by atoms with Gasteiger partial charge in [-0.1, -0.05) is 30.3 Å². The van der Waals surface area contributed by atoms with E-state index in [1.807, 2.05) is 24.3 Å². The van der Waals surface area contributed by atoms with E-state index in [4.69, 9.17) is 0 Å². The van der Waals surface area contributed by atoms with E-state index in [0.29, 0.717) is 12.5 Å². The number of rotatable bonds is 5. The first kappa shape index (κ1) is 14.3. The molecule has 0 saturated carbocycles. The minimum atomic E-state index is 0.624. The fourth-order valence-corrected chi connectivity index (χ4v) is 2.44. The first-order valence-electron chi connectivity index (χ1n) is 7.40. The third kappa shape index (κ3) is 3.52. The summed E-state index contributed by atoms with van der Waals surface area (Å²) in [5.41, 5.74) is 1.19. The van der Waals surface area contributed by atoms with Crippen LogP contribution in [-0.4, -0.2) is 47.5 Å². The topological polar surface area (TPSA) is 61.4 Å². The molecular weight excluding hydrogens is 278 g/mol. The molecule has 2 aromatic rings. The second kappa shape index (κ2) is 6.89. The minimum absolute atomic E-state index is 0.624. The zero-order valence-electron chi connectivity index (χ0n) is 12.4. The van der Waals surface area contributed by atoms with Gasteiger partial charge < -0.3 is 15.1 Å². The van der Waals surface area contributed by atoms with Gasteiger partial charge in [0, 0.05) is 38.9 Å². The number of carbonyl (C=O) groups is 1. The molecule has 6 nitrogen and oxygen atoms in total. The highest BCUT2D eigenvalue weighted by atomic mass is 16.1. The van der Waals surface area contributed by atoms with E-state index in [1.165, 1.54) is 5.56 Å². The van der Waals surface area contributed by atoms with Gasteiger partial charge in [-0.25, -0.2) is 4.98 Å². The number of hydrogen-bond acceptors (Lipinski definition) is 5. The van der Waals surface area contributed by atoms with Gasteiger partial charge in [0.15, 0.2) is 0 Å². The predicted molar refractivity (Wildman–Crippen MR) is 85.7 cm³/mol. The lowest BCUT2D eigenvalue weighted by Crippen LogP contribution is -2.46. The van der Waals surface area contributed by atoms with Gasteiger partial charge in [0.2, 0.25) is 12.4 Å². The van der Waals surface area contributed by atoms with Crippen LogP contribution >= 0.6 is 0 Å². The van der Waals surface area contributed by atoms with Crippen molar-refractivity contribution in [3.63, 3.8) is 0 Å². The second-order valence-corrected chi connectivity index (χ2v) is 5.21. The van der Waals surface area contributed by atoms with Crippen LogP contribution in [0.4, 0.5) is 11.8 Å². The molecule has 0 atom stereocenters. The molecule has 1 N–H and O–H groups in total. The smallest absolute Gasteiger partial charge is 0.224 e. The maximum Gasteiger partial charge on any atom is 0.224 e. The van der Waals surface area contributed by atoms with Gasteiger partial charge in [0.05, 0.1) is 0 Å². The van der Waals surface area contributed by atoms with E-state index < -0.39 is 0 Å². The van der Waals surface area contributed by atoms with Crippen molar-refractivity contribution >= 4 is 18.2 Å². The Morgan fingerprint density at radius 2 is 1.86 bits per heavy atom. The van der Waals surface area contributed by atoms with Gasteiger partial charge in [-0.2, -0.15) is 4.98 Å². The molecule has 1 amide bonds. The molecular formula is C16H19N5O. The van der Waals surface area contributed by atoms with Crippen molar-refractivity contribution in [3.8, 4) is 0 Å². The minimum Gasteiger partial charge on any atom is -0.353 e. The molecule has 0 radical (unpaired) electrons. The highest BCUT2D eigenvalue weighted by Gasteiger charge is 2.16. The van der Waals surface area contributed by atoms with Crippen LogP contribution < -0.4 is 10.2 Å². The number of anilines is 2. The molecule has 114 valence electrons. The van der Waals surface area contributed by atoms with Crippen molar-refractivity contribution in [2.24, 2.45) is 0 Å². The molecule has 0 unspecified atom stereocenters. The van der Waals surface area contributed by atoms with E-state index in [1.54, 1.807) is 11.1 Å². The summed E-state index contributed by atoms with van der Waals surface area (Å²) in [6.07, 6.45) is 2.67. The number of nitrogens with one attached hydrogen (secondary N) is 1. The van der Waals surface area contributed by atoms with E-state index in [0.717, 1.165) is 38.4 Å². The lowest BCUT2D eigenvalue weighted by Gasteiger charge is -2.33. The fourth-order valence-electron chi connectivity index (χ4n) is 2.44. The number of piperazine rings is 1. The molecule has 1 fully saturated rings. The van der Waals surface area contributed by atoms with Crippen LogP contribution in [0.1, 0.15) is 5.56 Å². The number of nitrogens with zero attached hydrogens (tertiary/aromatic N) is 4. The average Bonchev–Trinajstić information content (AvgIpc) is 2.61. The third-order valence-electron chi connectivity index (χ3n) is 3.72. The Bertz CT molecular complexity index is 611. The quantitative estimate of drug-likeness (QED) is 0.845. The fraction of sp³-hybridized carbons (Fsp3) is 0.312. The van der Waals surface area contributed by atoms with Gasteiger partial charge >= 0.3 is 0 Å². The van der Waals surface area contributed by atoms with Crippen LogP contribution in [0.3, 0.4) is 0 Å². The zero-order valence-corrected chi connectivity index (χ0v) is 12.4. The number of carbonyl (C=O) groups excluding carboxylic acids is 1. The van der Waals surface area contributed by atoms with Crippen LogP contribution in [0.2, 0.25) is 0 Å². The first-order chi connectivity index (χ1) is 10.8. The monoisotopic (exact) mass is 297 g/mol. The van der Waals surface area contributed by atoms with Crippen molar-refractivity contribution in [1.29, 1.82) is 0 Å². The Kier molecular flexibility index (Phi) is 4.48. The molecule has 0 spiro atoms. The normalized spacial score (nSPS) is 14.7. The van der Waals surface area contributed by atoms with Crippen LogP contribution in [0, 0.1) is 0 Å². The van der Waals surface area contributed by atoms with Gasteiger partial charge in [0.1, 0.15) is 5.82 Å². The Balaban J connectivity index is 1.61. The molecule has 2 heterocycles. The Morgan fingerprint density at radius 1 is 1.09 bits per heavy atom. The van der Waals surface area contributed by atoms with Gasteiger partial charge in [-0.05, 0) is 11.6 Å². The molecule has 22 heavy (non-hydrogen) atoms. The van der Waals surface area contributed by atoms with Crippen LogP contribution in [0.5, 0.6) is 0 Å². The highest BCUT2D eigenvalue weighted by molar-refractivity contribution is 5.49. The molecule has 1 aromatic carbocycles. The van der Waals surface area contributed by atoms with E-state index in [9.17, 15) is 4.79 Å². The number of benzene rings is 1. The summed E-state index contributed by atoms with van der Waals surface area (Å²) < 4.78 is 0. The number of amides is 1. The maximum atomic E-state index is 10.7. The molecule has 0 bridgehead atoms. The molecule has 3 rings (SSSR count). The van der Waals surface area contributed by atoms with Gasteiger partial charge in [-0.15, -0.1) is 0 Å².